The molecule has 2 aromatic rings. The van der Waals surface area contributed by atoms with Gasteiger partial charge in [0, 0.05) is 25.0 Å². The van der Waals surface area contributed by atoms with Gasteiger partial charge < -0.3 is 5.32 Å². The van der Waals surface area contributed by atoms with Gasteiger partial charge in [-0.3, -0.25) is 0 Å². The zero-order valence-electron chi connectivity index (χ0n) is 10.9. The molecule has 106 valence electrons. The Morgan fingerprint density at radius 2 is 2.10 bits per heavy atom. The highest BCUT2D eigenvalue weighted by molar-refractivity contribution is 7.89. The van der Waals surface area contributed by atoms with Gasteiger partial charge in [-0.2, -0.15) is 10.2 Å². The number of sulfonamides is 1. The molecule has 20 heavy (non-hydrogen) atoms. The number of hydrogen-bond acceptors (Lipinski definition) is 6. The lowest BCUT2D eigenvalue weighted by Crippen LogP contribution is -2.24. The highest BCUT2D eigenvalue weighted by Gasteiger charge is 2.14. The fourth-order valence-corrected chi connectivity index (χ4v) is 2.55. The molecule has 0 unspecified atom stereocenters. The molecule has 2 rings (SSSR count). The third-order valence-corrected chi connectivity index (χ3v) is 3.87. The van der Waals surface area contributed by atoms with Crippen molar-refractivity contribution in [1.82, 2.24) is 19.9 Å². The Bertz CT molecular complexity index is 661. The standard InChI is InChI=1S/C12H15N5O2S/c1-2-13-12-8-11(5-7-14-12)20(18,19)16-9-10-4-3-6-15-17-10/h3-8,16H,2,9H2,1H3,(H,13,14). The molecule has 2 heterocycles. The summed E-state index contributed by atoms with van der Waals surface area (Å²) in [6.07, 6.45) is 2.98. The normalized spacial score (nSPS) is 11.2. The van der Waals surface area contributed by atoms with E-state index in [-0.39, 0.29) is 11.4 Å². The van der Waals surface area contributed by atoms with Crippen LogP contribution in [0.2, 0.25) is 0 Å². The van der Waals surface area contributed by atoms with Crippen molar-refractivity contribution in [2.75, 3.05) is 11.9 Å². The van der Waals surface area contributed by atoms with Crippen molar-refractivity contribution in [1.29, 1.82) is 0 Å². The molecule has 0 aliphatic carbocycles. The van der Waals surface area contributed by atoms with E-state index >= 15 is 0 Å². The van der Waals surface area contributed by atoms with E-state index in [9.17, 15) is 8.42 Å². The minimum absolute atomic E-state index is 0.0923. The third-order valence-electron chi connectivity index (χ3n) is 2.47. The van der Waals surface area contributed by atoms with Gasteiger partial charge in [0.15, 0.2) is 0 Å². The van der Waals surface area contributed by atoms with E-state index < -0.39 is 10.0 Å². The number of nitrogens with one attached hydrogen (secondary N) is 2. The van der Waals surface area contributed by atoms with Gasteiger partial charge in [-0.1, -0.05) is 0 Å². The zero-order valence-corrected chi connectivity index (χ0v) is 11.8. The lowest BCUT2D eigenvalue weighted by molar-refractivity contribution is 0.580. The van der Waals surface area contributed by atoms with Crippen LogP contribution in [0.4, 0.5) is 5.82 Å². The van der Waals surface area contributed by atoms with Crippen molar-refractivity contribution in [3.63, 3.8) is 0 Å². The molecule has 0 amide bonds. The number of anilines is 1. The van der Waals surface area contributed by atoms with Crippen LogP contribution in [0.15, 0.2) is 41.6 Å². The fraction of sp³-hybridized carbons (Fsp3) is 0.250. The highest BCUT2D eigenvalue weighted by Crippen LogP contribution is 2.12. The second-order valence-corrected chi connectivity index (χ2v) is 5.71. The number of nitrogens with zero attached hydrogens (tertiary/aromatic N) is 3. The average Bonchev–Trinajstić information content (AvgIpc) is 2.47. The molecule has 0 spiro atoms. The SMILES string of the molecule is CCNc1cc(S(=O)(=O)NCc2cccnn2)ccn1. The summed E-state index contributed by atoms with van der Waals surface area (Å²) in [5.41, 5.74) is 0.553. The van der Waals surface area contributed by atoms with Gasteiger partial charge in [-0.25, -0.2) is 18.1 Å². The van der Waals surface area contributed by atoms with E-state index in [4.69, 9.17) is 0 Å². The van der Waals surface area contributed by atoms with Gasteiger partial charge in [-0.05, 0) is 25.1 Å². The molecule has 0 saturated carbocycles. The molecule has 7 nitrogen and oxygen atoms in total. The first kappa shape index (κ1) is 14.4. The minimum Gasteiger partial charge on any atom is -0.370 e. The van der Waals surface area contributed by atoms with Crippen molar-refractivity contribution in [3.8, 4) is 0 Å². The minimum atomic E-state index is -3.60. The molecule has 0 fully saturated rings. The molecule has 2 aromatic heterocycles. The summed E-state index contributed by atoms with van der Waals surface area (Å²) in [5, 5.41) is 10.5. The van der Waals surface area contributed by atoms with E-state index in [1.54, 1.807) is 12.1 Å². The Labute approximate surface area is 117 Å². The largest absolute Gasteiger partial charge is 0.370 e. The quantitative estimate of drug-likeness (QED) is 0.817. The molecule has 0 saturated heterocycles. The smallest absolute Gasteiger partial charge is 0.241 e. The third kappa shape index (κ3) is 3.72. The summed E-state index contributed by atoms with van der Waals surface area (Å²) >= 11 is 0. The maximum atomic E-state index is 12.1. The van der Waals surface area contributed by atoms with E-state index in [1.165, 1.54) is 24.5 Å². The topological polar surface area (TPSA) is 96.9 Å². The second kappa shape index (κ2) is 6.40. The monoisotopic (exact) mass is 293 g/mol. The molecule has 2 N–H and O–H groups in total. The number of pyridine rings is 1. The predicted molar refractivity (Wildman–Crippen MR) is 74.5 cm³/mol. The van der Waals surface area contributed by atoms with E-state index in [0.29, 0.717) is 18.1 Å². The van der Waals surface area contributed by atoms with E-state index in [0.717, 1.165) is 0 Å². The van der Waals surface area contributed by atoms with Crippen molar-refractivity contribution in [2.45, 2.75) is 18.4 Å². The highest BCUT2D eigenvalue weighted by atomic mass is 32.2. The molecular formula is C12H15N5O2S. The second-order valence-electron chi connectivity index (χ2n) is 3.95. The number of rotatable bonds is 6. The first-order valence-corrected chi connectivity index (χ1v) is 7.56. The number of hydrogen-bond donors (Lipinski definition) is 2. The molecule has 8 heteroatoms. The fourth-order valence-electron chi connectivity index (χ4n) is 1.54. The molecular weight excluding hydrogens is 278 g/mol. The van der Waals surface area contributed by atoms with Crippen LogP contribution in [-0.2, 0) is 16.6 Å². The molecule has 0 aromatic carbocycles. The van der Waals surface area contributed by atoms with Crippen LogP contribution in [0.5, 0.6) is 0 Å². The van der Waals surface area contributed by atoms with Crippen LogP contribution in [0.3, 0.4) is 0 Å². The van der Waals surface area contributed by atoms with Gasteiger partial charge in [0.05, 0.1) is 17.1 Å². The van der Waals surface area contributed by atoms with Crippen LogP contribution in [0, 0.1) is 0 Å². The summed E-state index contributed by atoms with van der Waals surface area (Å²) in [5.74, 6) is 0.523. The van der Waals surface area contributed by atoms with Crippen molar-refractivity contribution < 1.29 is 8.42 Å². The average molecular weight is 293 g/mol. The van der Waals surface area contributed by atoms with Gasteiger partial charge in [0.1, 0.15) is 5.82 Å². The lowest BCUT2D eigenvalue weighted by atomic mass is 10.4. The summed E-state index contributed by atoms with van der Waals surface area (Å²) in [7, 11) is -3.60. The van der Waals surface area contributed by atoms with Gasteiger partial charge in [0.25, 0.3) is 0 Å². The lowest BCUT2D eigenvalue weighted by Gasteiger charge is -2.08. The van der Waals surface area contributed by atoms with Crippen LogP contribution in [0.25, 0.3) is 0 Å². The molecule has 0 aliphatic heterocycles. The van der Waals surface area contributed by atoms with E-state index in [2.05, 4.69) is 25.2 Å². The molecule has 0 aliphatic rings. The Morgan fingerprint density at radius 3 is 2.80 bits per heavy atom. The van der Waals surface area contributed by atoms with Crippen molar-refractivity contribution in [2.24, 2.45) is 0 Å². The summed E-state index contributed by atoms with van der Waals surface area (Å²) < 4.78 is 26.8. The summed E-state index contributed by atoms with van der Waals surface area (Å²) in [4.78, 5) is 4.19. The Hall–Kier alpha value is -2.06. The molecule has 0 radical (unpaired) electrons. The van der Waals surface area contributed by atoms with E-state index in [1.807, 2.05) is 6.92 Å². The van der Waals surface area contributed by atoms with Crippen LogP contribution in [0.1, 0.15) is 12.6 Å². The Morgan fingerprint density at radius 1 is 1.25 bits per heavy atom. The summed E-state index contributed by atoms with van der Waals surface area (Å²) in [6.45, 7) is 2.67. The van der Waals surface area contributed by atoms with Crippen LogP contribution < -0.4 is 10.0 Å². The Kier molecular flexibility index (Phi) is 4.59. The maximum Gasteiger partial charge on any atom is 0.241 e. The number of aromatic nitrogens is 3. The van der Waals surface area contributed by atoms with Gasteiger partial charge >= 0.3 is 0 Å². The molecule has 0 bridgehead atoms. The van der Waals surface area contributed by atoms with Crippen LogP contribution in [-0.4, -0.2) is 30.1 Å². The van der Waals surface area contributed by atoms with Gasteiger partial charge in [-0.15, -0.1) is 0 Å². The van der Waals surface area contributed by atoms with Crippen molar-refractivity contribution >= 4 is 15.8 Å². The summed E-state index contributed by atoms with van der Waals surface area (Å²) in [6, 6.07) is 6.33. The first-order valence-electron chi connectivity index (χ1n) is 6.08. The first-order chi connectivity index (χ1) is 9.62. The van der Waals surface area contributed by atoms with Crippen molar-refractivity contribution in [3.05, 3.63) is 42.4 Å². The zero-order chi connectivity index (χ0) is 14.4. The Balaban J connectivity index is 2.12. The van der Waals surface area contributed by atoms with Gasteiger partial charge in [0.2, 0.25) is 10.0 Å². The predicted octanol–water partition coefficient (Wildman–Crippen LogP) is 0.782. The molecule has 0 atom stereocenters. The maximum absolute atomic E-state index is 12.1. The van der Waals surface area contributed by atoms with Crippen LogP contribution >= 0.6 is 0 Å².